The molecule has 1 aliphatic heterocycles. The van der Waals surface area contributed by atoms with Gasteiger partial charge in [-0.2, -0.15) is 0 Å². The lowest BCUT2D eigenvalue weighted by Gasteiger charge is -2.36. The van der Waals surface area contributed by atoms with Crippen LogP contribution < -0.4 is 14.4 Å². The van der Waals surface area contributed by atoms with Crippen LogP contribution in [0.1, 0.15) is 17.3 Å². The molecule has 0 N–H and O–H groups in total. The van der Waals surface area contributed by atoms with Crippen molar-refractivity contribution in [2.24, 2.45) is 0 Å². The van der Waals surface area contributed by atoms with Gasteiger partial charge in [0.15, 0.2) is 0 Å². The molecule has 0 saturated carbocycles. The van der Waals surface area contributed by atoms with Gasteiger partial charge in [0.2, 0.25) is 0 Å². The molecule has 1 fully saturated rings. The van der Waals surface area contributed by atoms with Crippen LogP contribution >= 0.6 is 0 Å². The number of methoxy groups -OCH3 is 1. The van der Waals surface area contributed by atoms with Crippen molar-refractivity contribution in [3.63, 3.8) is 0 Å². The maximum absolute atomic E-state index is 14.2. The molecule has 138 valence electrons. The number of hydrogen-bond donors (Lipinski definition) is 0. The average Bonchev–Trinajstić information content (AvgIpc) is 2.68. The van der Waals surface area contributed by atoms with Crippen LogP contribution in [0.2, 0.25) is 0 Å². The Hall–Kier alpha value is -2.76. The van der Waals surface area contributed by atoms with Gasteiger partial charge in [-0.05, 0) is 31.2 Å². The molecular formula is C20H23FN2O3. The smallest absolute Gasteiger partial charge is 0.256 e. The molecule has 1 aliphatic rings. The lowest BCUT2D eigenvalue weighted by molar-refractivity contribution is 0.0742. The van der Waals surface area contributed by atoms with Gasteiger partial charge in [-0.3, -0.25) is 4.79 Å². The standard InChI is InChI=1S/C20H23FN2O3/c1-3-26-19-7-5-4-6-18(19)22-10-12-23(13-11-22)20(24)16-9-8-15(25-2)14-17(16)21/h4-9,14H,3,10-13H2,1-2H3. The molecule has 0 bridgehead atoms. The largest absolute Gasteiger partial charge is 0.497 e. The highest BCUT2D eigenvalue weighted by Gasteiger charge is 2.25. The van der Waals surface area contributed by atoms with Crippen molar-refractivity contribution in [3.05, 3.63) is 53.8 Å². The third-order valence-corrected chi connectivity index (χ3v) is 4.48. The average molecular weight is 358 g/mol. The van der Waals surface area contributed by atoms with E-state index in [4.69, 9.17) is 9.47 Å². The molecule has 0 spiro atoms. The van der Waals surface area contributed by atoms with Crippen molar-refractivity contribution in [1.29, 1.82) is 0 Å². The monoisotopic (exact) mass is 358 g/mol. The summed E-state index contributed by atoms with van der Waals surface area (Å²) in [5, 5.41) is 0. The Bertz CT molecular complexity index is 773. The van der Waals surface area contributed by atoms with E-state index in [1.807, 2.05) is 31.2 Å². The van der Waals surface area contributed by atoms with Gasteiger partial charge in [0, 0.05) is 32.2 Å². The fraction of sp³-hybridized carbons (Fsp3) is 0.350. The fourth-order valence-electron chi connectivity index (χ4n) is 3.11. The molecule has 2 aromatic carbocycles. The number of halogens is 1. The second-order valence-electron chi connectivity index (χ2n) is 6.03. The van der Waals surface area contributed by atoms with Gasteiger partial charge in [-0.1, -0.05) is 12.1 Å². The molecule has 0 unspecified atom stereocenters. The SMILES string of the molecule is CCOc1ccccc1N1CCN(C(=O)c2ccc(OC)cc2F)CC1. The summed E-state index contributed by atoms with van der Waals surface area (Å²) in [6.45, 7) is 4.97. The Kier molecular flexibility index (Phi) is 5.61. The molecule has 0 atom stereocenters. The highest BCUT2D eigenvalue weighted by Crippen LogP contribution is 2.29. The van der Waals surface area contributed by atoms with Gasteiger partial charge < -0.3 is 19.3 Å². The van der Waals surface area contributed by atoms with E-state index >= 15 is 0 Å². The first-order valence-electron chi connectivity index (χ1n) is 8.73. The van der Waals surface area contributed by atoms with Crippen molar-refractivity contribution in [2.45, 2.75) is 6.92 Å². The van der Waals surface area contributed by atoms with Gasteiger partial charge in [-0.15, -0.1) is 0 Å². The molecule has 3 rings (SSSR count). The van der Waals surface area contributed by atoms with Crippen molar-refractivity contribution in [1.82, 2.24) is 4.90 Å². The molecular weight excluding hydrogens is 335 g/mol. The highest BCUT2D eigenvalue weighted by atomic mass is 19.1. The number of piperazine rings is 1. The van der Waals surface area contributed by atoms with E-state index in [1.165, 1.54) is 19.2 Å². The van der Waals surface area contributed by atoms with Crippen LogP contribution in [0.15, 0.2) is 42.5 Å². The molecule has 1 heterocycles. The number of rotatable bonds is 5. The van der Waals surface area contributed by atoms with E-state index in [1.54, 1.807) is 11.0 Å². The van der Waals surface area contributed by atoms with E-state index in [9.17, 15) is 9.18 Å². The first kappa shape index (κ1) is 18.0. The maximum atomic E-state index is 14.2. The Morgan fingerprint density at radius 1 is 1.12 bits per heavy atom. The Balaban J connectivity index is 1.68. The van der Waals surface area contributed by atoms with E-state index in [0.29, 0.717) is 38.5 Å². The third-order valence-electron chi connectivity index (χ3n) is 4.48. The van der Waals surface area contributed by atoms with Crippen molar-refractivity contribution in [2.75, 3.05) is 44.8 Å². The van der Waals surface area contributed by atoms with E-state index in [2.05, 4.69) is 4.90 Å². The van der Waals surface area contributed by atoms with E-state index in [-0.39, 0.29) is 11.5 Å². The molecule has 0 aromatic heterocycles. The zero-order chi connectivity index (χ0) is 18.5. The summed E-state index contributed by atoms with van der Waals surface area (Å²) < 4.78 is 24.8. The Labute approximate surface area is 152 Å². The fourth-order valence-corrected chi connectivity index (χ4v) is 3.11. The van der Waals surface area contributed by atoms with Gasteiger partial charge in [0.25, 0.3) is 5.91 Å². The van der Waals surface area contributed by atoms with Crippen LogP contribution in [-0.4, -0.2) is 50.7 Å². The topological polar surface area (TPSA) is 42.0 Å². The number of nitrogens with zero attached hydrogens (tertiary/aromatic N) is 2. The number of anilines is 1. The zero-order valence-corrected chi connectivity index (χ0v) is 15.1. The number of carbonyl (C=O) groups is 1. The van der Waals surface area contributed by atoms with Crippen LogP contribution in [0.4, 0.5) is 10.1 Å². The number of benzene rings is 2. The summed E-state index contributed by atoms with van der Waals surface area (Å²) in [6.07, 6.45) is 0. The summed E-state index contributed by atoms with van der Waals surface area (Å²) >= 11 is 0. The Morgan fingerprint density at radius 2 is 1.85 bits per heavy atom. The molecule has 0 aliphatic carbocycles. The second-order valence-corrected chi connectivity index (χ2v) is 6.03. The minimum absolute atomic E-state index is 0.0777. The van der Waals surface area contributed by atoms with Crippen LogP contribution in [0, 0.1) is 5.82 Å². The molecule has 2 aromatic rings. The van der Waals surface area contributed by atoms with Crippen LogP contribution in [0.5, 0.6) is 11.5 Å². The quantitative estimate of drug-likeness (QED) is 0.823. The third kappa shape index (κ3) is 3.74. The summed E-state index contributed by atoms with van der Waals surface area (Å²) in [7, 11) is 1.47. The number of para-hydroxylation sites is 2. The molecule has 26 heavy (non-hydrogen) atoms. The minimum Gasteiger partial charge on any atom is -0.497 e. The Morgan fingerprint density at radius 3 is 2.50 bits per heavy atom. The molecule has 6 heteroatoms. The number of carbonyl (C=O) groups excluding carboxylic acids is 1. The summed E-state index contributed by atoms with van der Waals surface area (Å²) in [4.78, 5) is 16.5. The van der Waals surface area contributed by atoms with Crippen molar-refractivity contribution < 1.29 is 18.7 Å². The predicted molar refractivity (Wildman–Crippen MR) is 98.7 cm³/mol. The van der Waals surface area contributed by atoms with Crippen molar-refractivity contribution >= 4 is 11.6 Å². The lowest BCUT2D eigenvalue weighted by Crippen LogP contribution is -2.49. The predicted octanol–water partition coefficient (Wildman–Crippen LogP) is 3.20. The van der Waals surface area contributed by atoms with Crippen molar-refractivity contribution in [3.8, 4) is 11.5 Å². The summed E-state index contributed by atoms with van der Waals surface area (Å²) in [6, 6.07) is 12.2. The van der Waals surface area contributed by atoms with Gasteiger partial charge >= 0.3 is 0 Å². The highest BCUT2D eigenvalue weighted by molar-refractivity contribution is 5.94. The number of amides is 1. The van der Waals surface area contributed by atoms with Gasteiger partial charge in [0.05, 0.1) is 25.0 Å². The second kappa shape index (κ2) is 8.08. The minimum atomic E-state index is -0.557. The number of ether oxygens (including phenoxy) is 2. The van der Waals surface area contributed by atoms with Crippen LogP contribution in [-0.2, 0) is 0 Å². The van der Waals surface area contributed by atoms with Gasteiger partial charge in [-0.25, -0.2) is 4.39 Å². The van der Waals surface area contributed by atoms with Crippen LogP contribution in [0.25, 0.3) is 0 Å². The first-order valence-corrected chi connectivity index (χ1v) is 8.73. The molecule has 1 amide bonds. The molecule has 1 saturated heterocycles. The maximum Gasteiger partial charge on any atom is 0.256 e. The summed E-state index contributed by atoms with van der Waals surface area (Å²) in [5.74, 6) is 0.397. The van der Waals surface area contributed by atoms with E-state index < -0.39 is 5.82 Å². The molecule has 5 nitrogen and oxygen atoms in total. The van der Waals surface area contributed by atoms with Gasteiger partial charge in [0.1, 0.15) is 17.3 Å². The normalized spacial score (nSPS) is 14.3. The zero-order valence-electron chi connectivity index (χ0n) is 15.1. The molecule has 0 radical (unpaired) electrons. The first-order chi connectivity index (χ1) is 12.6. The lowest BCUT2D eigenvalue weighted by atomic mass is 10.1. The van der Waals surface area contributed by atoms with E-state index in [0.717, 1.165) is 11.4 Å². The van der Waals surface area contributed by atoms with Crippen LogP contribution in [0.3, 0.4) is 0 Å². The summed E-state index contributed by atoms with van der Waals surface area (Å²) in [5.41, 5.74) is 1.10. The number of hydrogen-bond acceptors (Lipinski definition) is 4.